The molecular weight excluding hydrogens is 464 g/mol. The van der Waals surface area contributed by atoms with Crippen molar-refractivity contribution in [2.75, 3.05) is 13.2 Å². The van der Waals surface area contributed by atoms with Crippen molar-refractivity contribution >= 4 is 5.97 Å². The molecule has 0 unspecified atom stereocenters. The Morgan fingerprint density at radius 1 is 0.914 bits per heavy atom. The van der Waals surface area contributed by atoms with Crippen molar-refractivity contribution < 1.29 is 36.6 Å². The highest BCUT2D eigenvalue weighted by Crippen LogP contribution is 2.34. The largest absolute Gasteiger partial charge is 0.457 e. The second kappa shape index (κ2) is 11.0. The Labute approximate surface area is 200 Å². The van der Waals surface area contributed by atoms with Gasteiger partial charge in [-0.25, -0.2) is 22.4 Å². The van der Waals surface area contributed by atoms with Crippen molar-refractivity contribution in [3.8, 4) is 11.1 Å². The van der Waals surface area contributed by atoms with E-state index in [2.05, 4.69) is 0 Å². The molecule has 0 atom stereocenters. The zero-order valence-corrected chi connectivity index (χ0v) is 19.0. The lowest BCUT2D eigenvalue weighted by Gasteiger charge is -2.29. The van der Waals surface area contributed by atoms with E-state index in [-0.39, 0.29) is 18.1 Å². The summed E-state index contributed by atoms with van der Waals surface area (Å²) in [7, 11) is 0. The fraction of sp³-hybridized carbons (Fsp3) is 0.296. The first-order valence-corrected chi connectivity index (χ1v) is 11.3. The number of halogens is 4. The number of carbonyl (C=O) groups is 1. The highest BCUT2D eigenvalue weighted by atomic mass is 19.1. The maximum absolute atomic E-state index is 14.9. The van der Waals surface area contributed by atoms with Gasteiger partial charge in [0.25, 0.3) is 0 Å². The zero-order chi connectivity index (χ0) is 24.9. The van der Waals surface area contributed by atoms with Gasteiger partial charge in [-0.3, -0.25) is 0 Å². The van der Waals surface area contributed by atoms with Crippen molar-refractivity contribution in [2.45, 2.75) is 32.7 Å². The average Bonchev–Trinajstić information content (AvgIpc) is 2.83. The van der Waals surface area contributed by atoms with E-state index in [4.69, 9.17) is 14.2 Å². The molecule has 8 heteroatoms. The van der Waals surface area contributed by atoms with Gasteiger partial charge in [0.2, 0.25) is 0 Å². The number of hydrogen-bond acceptors (Lipinski definition) is 4. The van der Waals surface area contributed by atoms with Crippen molar-refractivity contribution in [3.63, 3.8) is 0 Å². The molecule has 0 spiro atoms. The number of ether oxygens (including phenoxy) is 3. The molecule has 0 radical (unpaired) electrons. The molecule has 4 nitrogen and oxygen atoms in total. The van der Waals surface area contributed by atoms with Crippen molar-refractivity contribution in [1.82, 2.24) is 0 Å². The molecular formula is C27H24F4O4. The lowest BCUT2D eigenvalue weighted by atomic mass is 9.99. The number of hydrogen-bond donors (Lipinski definition) is 0. The van der Waals surface area contributed by atoms with Gasteiger partial charge in [-0.15, -0.1) is 0 Å². The first-order valence-electron chi connectivity index (χ1n) is 11.3. The highest BCUT2D eigenvalue weighted by molar-refractivity contribution is 5.91. The number of rotatable bonds is 7. The summed E-state index contributed by atoms with van der Waals surface area (Å²) in [6.07, 6.45) is 0.953. The molecule has 0 bridgehead atoms. The van der Waals surface area contributed by atoms with E-state index in [9.17, 15) is 22.4 Å². The van der Waals surface area contributed by atoms with E-state index in [1.807, 2.05) is 6.92 Å². The maximum atomic E-state index is 14.9. The van der Waals surface area contributed by atoms with Crippen molar-refractivity contribution in [3.05, 3.63) is 94.6 Å². The van der Waals surface area contributed by atoms with Gasteiger partial charge >= 0.3 is 5.97 Å². The van der Waals surface area contributed by atoms with Crippen LogP contribution in [-0.2, 0) is 20.8 Å². The molecule has 3 aromatic carbocycles. The first kappa shape index (κ1) is 24.9. The van der Waals surface area contributed by atoms with E-state index >= 15 is 0 Å². The summed E-state index contributed by atoms with van der Waals surface area (Å²) in [5.41, 5.74) is -1.20. The Kier molecular flexibility index (Phi) is 7.83. The minimum atomic E-state index is -1.29. The van der Waals surface area contributed by atoms with Gasteiger partial charge < -0.3 is 14.2 Å². The summed E-state index contributed by atoms with van der Waals surface area (Å²) >= 11 is 0. The van der Waals surface area contributed by atoms with Crippen LogP contribution in [-0.4, -0.2) is 19.2 Å². The normalized spacial score (nSPS) is 17.9. The quantitative estimate of drug-likeness (QED) is 0.273. The summed E-state index contributed by atoms with van der Waals surface area (Å²) in [5, 5.41) is 0. The monoisotopic (exact) mass is 488 g/mol. The summed E-state index contributed by atoms with van der Waals surface area (Å²) in [6.45, 7) is 2.67. The summed E-state index contributed by atoms with van der Waals surface area (Å²) in [6, 6.07) is 12.0. The standard InChI is InChI=1S/C27H24F4O4/c1-2-6-17-14-34-27(35-15-17)19-11-20(28)24(21(29)12-19)18-9-22(30)25(23(31)10-18)26(32)33-13-16-7-4-3-5-8-16/h3-5,7-12,17,27H,2,6,13-15H2,1H3. The zero-order valence-electron chi connectivity index (χ0n) is 19.0. The van der Waals surface area contributed by atoms with Crippen LogP contribution in [0.5, 0.6) is 0 Å². The molecule has 0 aromatic heterocycles. The molecule has 0 saturated carbocycles. The summed E-state index contributed by atoms with van der Waals surface area (Å²) in [5.74, 6) is -5.67. The van der Waals surface area contributed by atoms with Crippen LogP contribution in [0, 0.1) is 29.2 Å². The average molecular weight is 488 g/mol. The van der Waals surface area contributed by atoms with Crippen LogP contribution >= 0.6 is 0 Å². The lowest BCUT2D eigenvalue weighted by molar-refractivity contribution is -0.206. The second-order valence-corrected chi connectivity index (χ2v) is 8.39. The maximum Gasteiger partial charge on any atom is 0.344 e. The van der Waals surface area contributed by atoms with Gasteiger partial charge in [0, 0.05) is 11.5 Å². The molecule has 1 fully saturated rings. The van der Waals surface area contributed by atoms with Crippen LogP contribution < -0.4 is 0 Å². The summed E-state index contributed by atoms with van der Waals surface area (Å²) < 4.78 is 75.3. The Hall–Kier alpha value is -3.23. The van der Waals surface area contributed by atoms with Crippen LogP contribution in [0.15, 0.2) is 54.6 Å². The predicted octanol–water partition coefficient (Wildman–Crippen LogP) is 6.73. The third kappa shape index (κ3) is 5.71. The third-order valence-corrected chi connectivity index (χ3v) is 5.75. The molecule has 1 aliphatic rings. The Balaban J connectivity index is 1.53. The Bertz CT molecular complexity index is 1150. The van der Waals surface area contributed by atoms with Crippen LogP contribution in [0.3, 0.4) is 0 Å². The fourth-order valence-corrected chi connectivity index (χ4v) is 4.02. The smallest absolute Gasteiger partial charge is 0.344 e. The van der Waals surface area contributed by atoms with Gasteiger partial charge in [0.05, 0.1) is 18.8 Å². The highest BCUT2D eigenvalue weighted by Gasteiger charge is 2.27. The van der Waals surface area contributed by atoms with Crippen LogP contribution in [0.1, 0.15) is 47.5 Å². The topological polar surface area (TPSA) is 44.8 Å². The second-order valence-electron chi connectivity index (χ2n) is 8.39. The fourth-order valence-electron chi connectivity index (χ4n) is 4.02. The number of esters is 1. The number of carbonyl (C=O) groups excluding carboxylic acids is 1. The molecule has 184 valence electrons. The van der Waals surface area contributed by atoms with E-state index in [1.165, 1.54) is 0 Å². The predicted molar refractivity (Wildman–Crippen MR) is 120 cm³/mol. The molecule has 0 amide bonds. The Morgan fingerprint density at radius 2 is 1.51 bits per heavy atom. The van der Waals surface area contributed by atoms with E-state index in [1.54, 1.807) is 30.3 Å². The SMILES string of the molecule is CCCC1COC(c2cc(F)c(-c3cc(F)c(C(=O)OCc4ccccc4)c(F)c3)c(F)c2)OC1. The molecule has 1 saturated heterocycles. The van der Waals surface area contributed by atoms with Crippen LogP contribution in [0.25, 0.3) is 11.1 Å². The van der Waals surface area contributed by atoms with Crippen molar-refractivity contribution in [1.29, 1.82) is 0 Å². The molecule has 3 aromatic rings. The van der Waals surface area contributed by atoms with Gasteiger partial charge in [-0.1, -0.05) is 43.7 Å². The lowest BCUT2D eigenvalue weighted by Crippen LogP contribution is -2.27. The van der Waals surface area contributed by atoms with Gasteiger partial charge in [-0.2, -0.15) is 0 Å². The number of benzene rings is 3. The van der Waals surface area contributed by atoms with Gasteiger partial charge in [0.15, 0.2) is 6.29 Å². The van der Waals surface area contributed by atoms with E-state index in [0.717, 1.165) is 25.0 Å². The minimum Gasteiger partial charge on any atom is -0.457 e. The van der Waals surface area contributed by atoms with E-state index < -0.39 is 52.2 Å². The first-order chi connectivity index (χ1) is 16.9. The molecule has 0 N–H and O–H groups in total. The molecule has 35 heavy (non-hydrogen) atoms. The van der Waals surface area contributed by atoms with Crippen LogP contribution in [0.4, 0.5) is 17.6 Å². The minimum absolute atomic E-state index is 0.126. The van der Waals surface area contributed by atoms with Crippen molar-refractivity contribution in [2.24, 2.45) is 5.92 Å². The summed E-state index contributed by atoms with van der Waals surface area (Å²) in [4.78, 5) is 12.2. The molecule has 0 aliphatic carbocycles. The van der Waals surface area contributed by atoms with E-state index in [0.29, 0.717) is 30.9 Å². The molecule has 4 rings (SSSR count). The Morgan fingerprint density at radius 3 is 2.09 bits per heavy atom. The molecule has 1 heterocycles. The van der Waals surface area contributed by atoms with Gasteiger partial charge in [-0.05, 0) is 41.8 Å². The molecule has 1 aliphatic heterocycles. The van der Waals surface area contributed by atoms with Gasteiger partial charge in [0.1, 0.15) is 35.4 Å². The third-order valence-electron chi connectivity index (χ3n) is 5.75. The van der Waals surface area contributed by atoms with Crippen LogP contribution in [0.2, 0.25) is 0 Å².